The molecule has 0 aliphatic carbocycles. The van der Waals surface area contributed by atoms with Gasteiger partial charge in [0.1, 0.15) is 18.2 Å². The summed E-state index contributed by atoms with van der Waals surface area (Å²) in [6, 6.07) is 15.6. The average Bonchev–Trinajstić information content (AvgIpc) is 2.84. The standard InChI is InChI=1S/C26H20Br3N3O4/c1-2-3-23-31-22-9-8-18(27)12-19(22)25(33)32(23)30-13-16-10-20(28)24(21(29)11-16)36-14-15-4-6-17(7-5-15)26(34)35/h4-13H,2-3,14H2,1H3,(H,34,35). The van der Waals surface area contributed by atoms with Gasteiger partial charge in [0.05, 0.1) is 31.6 Å². The number of benzene rings is 3. The largest absolute Gasteiger partial charge is 0.487 e. The molecule has 1 heterocycles. The monoisotopic (exact) mass is 675 g/mol. The second kappa shape index (κ2) is 11.5. The van der Waals surface area contributed by atoms with E-state index >= 15 is 0 Å². The highest BCUT2D eigenvalue weighted by Crippen LogP contribution is 2.35. The number of nitrogens with zero attached hydrogens (tertiary/aromatic N) is 3. The van der Waals surface area contributed by atoms with Gasteiger partial charge in [-0.25, -0.2) is 9.78 Å². The lowest BCUT2D eigenvalue weighted by Crippen LogP contribution is -2.22. The summed E-state index contributed by atoms with van der Waals surface area (Å²) in [7, 11) is 0. The lowest BCUT2D eigenvalue weighted by molar-refractivity contribution is 0.0697. The van der Waals surface area contributed by atoms with E-state index in [1.165, 1.54) is 4.68 Å². The summed E-state index contributed by atoms with van der Waals surface area (Å²) >= 11 is 10.5. The highest BCUT2D eigenvalue weighted by atomic mass is 79.9. The zero-order valence-electron chi connectivity index (χ0n) is 19.0. The predicted octanol–water partition coefficient (Wildman–Crippen LogP) is 6.80. The topological polar surface area (TPSA) is 93.8 Å². The van der Waals surface area contributed by atoms with Gasteiger partial charge in [-0.2, -0.15) is 9.78 Å². The van der Waals surface area contributed by atoms with E-state index in [1.54, 1.807) is 36.5 Å². The van der Waals surface area contributed by atoms with Crippen LogP contribution in [0.25, 0.3) is 10.9 Å². The van der Waals surface area contributed by atoms with Gasteiger partial charge in [-0.3, -0.25) is 4.79 Å². The van der Waals surface area contributed by atoms with Crippen LogP contribution in [0.15, 0.2) is 77.9 Å². The zero-order chi connectivity index (χ0) is 25.8. The Kier molecular flexibility index (Phi) is 8.38. The van der Waals surface area contributed by atoms with Gasteiger partial charge >= 0.3 is 5.97 Å². The van der Waals surface area contributed by atoms with Crippen molar-refractivity contribution in [2.24, 2.45) is 5.10 Å². The molecule has 0 aliphatic heterocycles. The minimum Gasteiger partial charge on any atom is -0.487 e. The fourth-order valence-corrected chi connectivity index (χ4v) is 5.33. The number of carbonyl (C=O) groups is 1. The van der Waals surface area contributed by atoms with E-state index in [1.807, 2.05) is 31.2 Å². The quantitative estimate of drug-likeness (QED) is 0.207. The second-order valence-corrected chi connectivity index (χ2v) is 10.5. The molecule has 0 saturated heterocycles. The summed E-state index contributed by atoms with van der Waals surface area (Å²) in [5.74, 6) is 0.220. The molecule has 184 valence electrons. The maximum Gasteiger partial charge on any atom is 0.335 e. The van der Waals surface area contributed by atoms with Crippen LogP contribution in [0, 0.1) is 0 Å². The lowest BCUT2D eigenvalue weighted by atomic mass is 10.1. The van der Waals surface area contributed by atoms with Crippen molar-refractivity contribution in [2.45, 2.75) is 26.4 Å². The first-order chi connectivity index (χ1) is 17.3. The molecule has 0 fully saturated rings. The smallest absolute Gasteiger partial charge is 0.335 e. The molecular formula is C26H20Br3N3O4. The first kappa shape index (κ1) is 26.2. The minimum absolute atomic E-state index is 0.222. The van der Waals surface area contributed by atoms with E-state index in [4.69, 9.17) is 9.84 Å². The molecule has 0 saturated carbocycles. The van der Waals surface area contributed by atoms with Gasteiger partial charge in [-0.05, 0) is 91.9 Å². The van der Waals surface area contributed by atoms with Crippen molar-refractivity contribution >= 4 is 70.9 Å². The summed E-state index contributed by atoms with van der Waals surface area (Å²) in [5.41, 5.74) is 2.22. The number of halogens is 3. The van der Waals surface area contributed by atoms with Gasteiger partial charge in [0.25, 0.3) is 5.56 Å². The fourth-order valence-electron chi connectivity index (χ4n) is 3.51. The van der Waals surface area contributed by atoms with E-state index in [0.717, 1.165) is 22.0 Å². The molecule has 4 rings (SSSR count). The summed E-state index contributed by atoms with van der Waals surface area (Å²) in [6.07, 6.45) is 3.05. The van der Waals surface area contributed by atoms with Crippen LogP contribution < -0.4 is 10.3 Å². The Bertz CT molecular complexity index is 1510. The van der Waals surface area contributed by atoms with E-state index in [-0.39, 0.29) is 17.7 Å². The second-order valence-electron chi connectivity index (χ2n) is 7.91. The van der Waals surface area contributed by atoms with Gasteiger partial charge in [0.15, 0.2) is 0 Å². The number of carboxylic acids is 1. The summed E-state index contributed by atoms with van der Waals surface area (Å²) < 4.78 is 9.49. The van der Waals surface area contributed by atoms with E-state index < -0.39 is 5.97 Å². The number of ether oxygens (including phenoxy) is 1. The Morgan fingerprint density at radius 1 is 1.08 bits per heavy atom. The highest BCUT2D eigenvalue weighted by molar-refractivity contribution is 9.11. The van der Waals surface area contributed by atoms with Crippen molar-refractivity contribution in [1.82, 2.24) is 9.66 Å². The Morgan fingerprint density at radius 3 is 2.42 bits per heavy atom. The number of fused-ring (bicyclic) bond motifs is 1. The number of carboxylic acid groups (broad SMARTS) is 1. The molecular weight excluding hydrogens is 658 g/mol. The molecule has 1 aromatic heterocycles. The number of rotatable bonds is 8. The minimum atomic E-state index is -0.971. The summed E-state index contributed by atoms with van der Waals surface area (Å²) in [4.78, 5) is 28.9. The Morgan fingerprint density at radius 2 is 1.78 bits per heavy atom. The maximum absolute atomic E-state index is 13.2. The van der Waals surface area contributed by atoms with Crippen LogP contribution in [0.4, 0.5) is 0 Å². The number of aryl methyl sites for hydroxylation is 1. The van der Waals surface area contributed by atoms with Crippen LogP contribution in [0.2, 0.25) is 0 Å². The molecule has 4 aromatic rings. The SMILES string of the molecule is CCCc1nc2ccc(Br)cc2c(=O)n1N=Cc1cc(Br)c(OCc2ccc(C(=O)O)cc2)c(Br)c1. The van der Waals surface area contributed by atoms with Crippen molar-refractivity contribution in [2.75, 3.05) is 0 Å². The number of aromatic carboxylic acids is 1. The predicted molar refractivity (Wildman–Crippen MR) is 150 cm³/mol. The summed E-state index contributed by atoms with van der Waals surface area (Å²) in [5, 5.41) is 14.0. The van der Waals surface area contributed by atoms with Gasteiger partial charge < -0.3 is 9.84 Å². The van der Waals surface area contributed by atoms with Crippen LogP contribution in [-0.4, -0.2) is 27.0 Å². The van der Waals surface area contributed by atoms with E-state index in [2.05, 4.69) is 57.9 Å². The third kappa shape index (κ3) is 5.93. The van der Waals surface area contributed by atoms with Gasteiger partial charge in [0.2, 0.25) is 0 Å². The van der Waals surface area contributed by atoms with Gasteiger partial charge in [0, 0.05) is 10.9 Å². The molecule has 0 amide bonds. The van der Waals surface area contributed by atoms with Crippen LogP contribution in [0.5, 0.6) is 5.75 Å². The first-order valence-corrected chi connectivity index (χ1v) is 13.3. The molecule has 1 N–H and O–H groups in total. The number of hydrogen-bond donors (Lipinski definition) is 1. The zero-order valence-corrected chi connectivity index (χ0v) is 23.8. The van der Waals surface area contributed by atoms with Gasteiger partial charge in [-0.15, -0.1) is 0 Å². The molecule has 7 nitrogen and oxygen atoms in total. The van der Waals surface area contributed by atoms with Crippen LogP contribution in [0.3, 0.4) is 0 Å². The third-order valence-electron chi connectivity index (χ3n) is 5.28. The molecule has 0 aliphatic rings. The summed E-state index contributed by atoms with van der Waals surface area (Å²) in [6.45, 7) is 2.29. The molecule has 3 aromatic carbocycles. The average molecular weight is 678 g/mol. The maximum atomic E-state index is 13.2. The van der Waals surface area contributed by atoms with Crippen molar-refractivity contribution in [3.05, 3.63) is 101 Å². The van der Waals surface area contributed by atoms with Crippen molar-refractivity contribution in [3.8, 4) is 5.75 Å². The van der Waals surface area contributed by atoms with Crippen LogP contribution >= 0.6 is 47.8 Å². The van der Waals surface area contributed by atoms with Crippen LogP contribution in [-0.2, 0) is 13.0 Å². The van der Waals surface area contributed by atoms with Crippen molar-refractivity contribution in [3.63, 3.8) is 0 Å². The Hall–Kier alpha value is -2.82. The van der Waals surface area contributed by atoms with E-state index in [0.29, 0.717) is 37.8 Å². The molecule has 0 atom stereocenters. The molecule has 0 bridgehead atoms. The van der Waals surface area contributed by atoms with Crippen molar-refractivity contribution in [1.29, 1.82) is 0 Å². The molecule has 0 unspecified atom stereocenters. The Balaban J connectivity index is 1.60. The number of aromatic nitrogens is 2. The molecule has 36 heavy (non-hydrogen) atoms. The Labute approximate surface area is 232 Å². The van der Waals surface area contributed by atoms with E-state index in [9.17, 15) is 9.59 Å². The molecule has 0 radical (unpaired) electrons. The molecule has 0 spiro atoms. The van der Waals surface area contributed by atoms with Gasteiger partial charge in [-0.1, -0.05) is 35.0 Å². The normalized spacial score (nSPS) is 11.3. The third-order valence-corrected chi connectivity index (χ3v) is 6.95. The number of hydrogen-bond acceptors (Lipinski definition) is 5. The highest BCUT2D eigenvalue weighted by Gasteiger charge is 2.12. The van der Waals surface area contributed by atoms with Crippen molar-refractivity contribution < 1.29 is 14.6 Å². The lowest BCUT2D eigenvalue weighted by Gasteiger charge is -2.12. The fraction of sp³-hybridized carbons (Fsp3) is 0.154. The first-order valence-electron chi connectivity index (χ1n) is 11.0. The molecule has 10 heteroatoms. The van der Waals surface area contributed by atoms with Crippen LogP contribution in [0.1, 0.15) is 40.7 Å².